The fourth-order valence-corrected chi connectivity index (χ4v) is 5.36. The maximum absolute atomic E-state index is 13.2. The average Bonchev–Trinajstić information content (AvgIpc) is 2.69. The molecule has 1 aliphatic heterocycles. The van der Waals surface area contributed by atoms with Crippen molar-refractivity contribution in [2.24, 2.45) is 11.7 Å². The van der Waals surface area contributed by atoms with Crippen LogP contribution in [0.25, 0.3) is 0 Å². The minimum Gasteiger partial charge on any atom is -0.330 e. The fourth-order valence-electron chi connectivity index (χ4n) is 2.51. The molecule has 0 spiro atoms. The third-order valence-electron chi connectivity index (χ3n) is 3.47. The number of rotatable bonds is 3. The highest BCUT2D eigenvalue weighted by atomic mass is 35.5. The maximum atomic E-state index is 13.2. The van der Waals surface area contributed by atoms with Gasteiger partial charge in [0, 0.05) is 12.6 Å². The van der Waals surface area contributed by atoms with Gasteiger partial charge in [-0.05, 0) is 37.9 Å². The smallest absolute Gasteiger partial charge is 0.246 e. The zero-order valence-electron chi connectivity index (χ0n) is 10.8. The molecule has 2 rings (SSSR count). The molecule has 8 heteroatoms. The highest BCUT2D eigenvalue weighted by molar-refractivity contribution is 7.89. The predicted octanol–water partition coefficient (Wildman–Crippen LogP) is 2.49. The molecule has 0 saturated carbocycles. The predicted molar refractivity (Wildman–Crippen MR) is 76.9 cm³/mol. The molecule has 0 amide bonds. The van der Waals surface area contributed by atoms with E-state index in [0.717, 1.165) is 12.1 Å². The zero-order chi connectivity index (χ0) is 15.1. The van der Waals surface area contributed by atoms with Gasteiger partial charge in [0.2, 0.25) is 10.0 Å². The second kappa shape index (κ2) is 5.77. The number of halogens is 3. The minimum absolute atomic E-state index is 0.109. The summed E-state index contributed by atoms with van der Waals surface area (Å²) in [7, 11) is -3.86. The molecule has 2 atom stereocenters. The molecule has 1 fully saturated rings. The Labute approximate surface area is 127 Å². The number of nitrogens with two attached hydrogens (primary N) is 1. The van der Waals surface area contributed by atoms with Gasteiger partial charge in [0.1, 0.15) is 10.7 Å². The molecule has 0 aromatic heterocycles. The largest absolute Gasteiger partial charge is 0.330 e. The van der Waals surface area contributed by atoms with Gasteiger partial charge in [0.25, 0.3) is 0 Å². The van der Waals surface area contributed by atoms with E-state index in [0.29, 0.717) is 19.5 Å². The number of hydrogen-bond acceptors (Lipinski definition) is 3. The van der Waals surface area contributed by atoms with Crippen molar-refractivity contribution in [2.75, 3.05) is 13.1 Å². The van der Waals surface area contributed by atoms with Gasteiger partial charge >= 0.3 is 0 Å². The van der Waals surface area contributed by atoms with Crippen LogP contribution >= 0.6 is 23.2 Å². The molecule has 4 nitrogen and oxygen atoms in total. The van der Waals surface area contributed by atoms with Crippen molar-refractivity contribution in [3.8, 4) is 0 Å². The lowest BCUT2D eigenvalue weighted by Gasteiger charge is -2.22. The normalized spacial score (nSPS) is 24.2. The van der Waals surface area contributed by atoms with Gasteiger partial charge in [-0.1, -0.05) is 23.2 Å². The summed E-state index contributed by atoms with van der Waals surface area (Å²) < 4.78 is 39.8. The first-order valence-electron chi connectivity index (χ1n) is 6.13. The summed E-state index contributed by atoms with van der Waals surface area (Å²) in [6.45, 7) is 2.55. The van der Waals surface area contributed by atoms with E-state index < -0.39 is 15.8 Å². The van der Waals surface area contributed by atoms with Gasteiger partial charge in [0.15, 0.2) is 0 Å². The monoisotopic (exact) mass is 340 g/mol. The SMILES string of the molecule is CC1CC(CN)CN1S(=O)(=O)c1c(Cl)cc(F)cc1Cl. The first-order valence-corrected chi connectivity index (χ1v) is 8.33. The van der Waals surface area contributed by atoms with Crippen LogP contribution in [0.3, 0.4) is 0 Å². The molecule has 1 aliphatic rings. The van der Waals surface area contributed by atoms with E-state index >= 15 is 0 Å². The Bertz CT molecular complexity index is 601. The number of benzene rings is 1. The van der Waals surface area contributed by atoms with Crippen molar-refractivity contribution in [2.45, 2.75) is 24.3 Å². The molecule has 1 saturated heterocycles. The highest BCUT2D eigenvalue weighted by Gasteiger charge is 2.39. The molecule has 1 aromatic rings. The average molecular weight is 341 g/mol. The van der Waals surface area contributed by atoms with Gasteiger partial charge in [-0.3, -0.25) is 0 Å². The van der Waals surface area contributed by atoms with E-state index in [1.807, 2.05) is 0 Å². The van der Waals surface area contributed by atoms with Crippen LogP contribution in [0, 0.1) is 11.7 Å². The summed E-state index contributed by atoms with van der Waals surface area (Å²) in [5.41, 5.74) is 5.60. The van der Waals surface area contributed by atoms with Gasteiger partial charge in [0.05, 0.1) is 10.0 Å². The van der Waals surface area contributed by atoms with E-state index in [9.17, 15) is 12.8 Å². The van der Waals surface area contributed by atoms with E-state index in [2.05, 4.69) is 0 Å². The minimum atomic E-state index is -3.86. The topological polar surface area (TPSA) is 63.4 Å². The lowest BCUT2D eigenvalue weighted by atomic mass is 10.1. The summed E-state index contributed by atoms with van der Waals surface area (Å²) in [4.78, 5) is -0.244. The molecular weight excluding hydrogens is 326 g/mol. The first-order chi connectivity index (χ1) is 9.27. The van der Waals surface area contributed by atoms with E-state index in [1.54, 1.807) is 6.92 Å². The van der Waals surface area contributed by atoms with Crippen LogP contribution in [0.5, 0.6) is 0 Å². The standard InChI is InChI=1S/C12H15Cl2FN2O2S/c1-7-2-8(5-16)6-17(7)20(18,19)12-10(13)3-9(15)4-11(12)14/h3-4,7-8H,2,5-6,16H2,1H3. The molecule has 1 heterocycles. The summed E-state index contributed by atoms with van der Waals surface area (Å²) in [5.74, 6) is -0.564. The second-order valence-electron chi connectivity index (χ2n) is 4.96. The highest BCUT2D eigenvalue weighted by Crippen LogP contribution is 2.36. The van der Waals surface area contributed by atoms with Gasteiger partial charge < -0.3 is 5.73 Å². The van der Waals surface area contributed by atoms with Crippen LogP contribution in [-0.2, 0) is 10.0 Å². The van der Waals surface area contributed by atoms with Gasteiger partial charge in [-0.15, -0.1) is 0 Å². The molecular formula is C12H15Cl2FN2O2S. The van der Waals surface area contributed by atoms with E-state index in [-0.39, 0.29) is 26.9 Å². The zero-order valence-corrected chi connectivity index (χ0v) is 13.1. The Morgan fingerprint density at radius 3 is 2.40 bits per heavy atom. The summed E-state index contributed by atoms with van der Waals surface area (Å²) in [6, 6.07) is 1.70. The van der Waals surface area contributed by atoms with E-state index in [4.69, 9.17) is 28.9 Å². The van der Waals surface area contributed by atoms with Crippen molar-refractivity contribution in [3.63, 3.8) is 0 Å². The summed E-state index contributed by atoms with van der Waals surface area (Å²) in [5, 5.41) is -0.420. The summed E-state index contributed by atoms with van der Waals surface area (Å²) in [6.07, 6.45) is 0.687. The molecule has 0 bridgehead atoms. The number of hydrogen-bond donors (Lipinski definition) is 1. The quantitative estimate of drug-likeness (QED) is 0.919. The third-order valence-corrected chi connectivity index (χ3v) is 6.37. The van der Waals surface area contributed by atoms with Crippen molar-refractivity contribution < 1.29 is 12.8 Å². The van der Waals surface area contributed by atoms with Gasteiger partial charge in [-0.2, -0.15) is 4.31 Å². The van der Waals surface area contributed by atoms with Gasteiger partial charge in [-0.25, -0.2) is 12.8 Å². The number of nitrogens with zero attached hydrogens (tertiary/aromatic N) is 1. The fraction of sp³-hybridized carbons (Fsp3) is 0.500. The van der Waals surface area contributed by atoms with Crippen LogP contribution in [0.2, 0.25) is 10.0 Å². The van der Waals surface area contributed by atoms with Crippen LogP contribution in [0.4, 0.5) is 4.39 Å². The van der Waals surface area contributed by atoms with Crippen molar-refractivity contribution in [3.05, 3.63) is 28.0 Å². The molecule has 0 radical (unpaired) electrons. The van der Waals surface area contributed by atoms with Crippen LogP contribution in [-0.4, -0.2) is 31.9 Å². The number of sulfonamides is 1. The molecule has 1 aromatic carbocycles. The summed E-state index contributed by atoms with van der Waals surface area (Å²) >= 11 is 11.7. The Balaban J connectivity index is 2.46. The third kappa shape index (κ3) is 2.80. The van der Waals surface area contributed by atoms with E-state index in [1.165, 1.54) is 4.31 Å². The molecule has 112 valence electrons. The van der Waals surface area contributed by atoms with Crippen LogP contribution < -0.4 is 5.73 Å². The Hall–Kier alpha value is -0.400. The Morgan fingerprint density at radius 2 is 1.95 bits per heavy atom. The lowest BCUT2D eigenvalue weighted by molar-refractivity contribution is 0.404. The Morgan fingerprint density at radius 1 is 1.40 bits per heavy atom. The van der Waals surface area contributed by atoms with Crippen molar-refractivity contribution in [1.82, 2.24) is 4.31 Å². The molecule has 20 heavy (non-hydrogen) atoms. The maximum Gasteiger partial charge on any atom is 0.246 e. The molecule has 2 unspecified atom stereocenters. The molecule has 2 N–H and O–H groups in total. The van der Waals surface area contributed by atoms with Crippen LogP contribution in [0.15, 0.2) is 17.0 Å². The lowest BCUT2D eigenvalue weighted by Crippen LogP contribution is -2.34. The first kappa shape index (κ1) is 16.0. The Kier molecular flexibility index (Phi) is 4.61. The van der Waals surface area contributed by atoms with Crippen LogP contribution in [0.1, 0.15) is 13.3 Å². The van der Waals surface area contributed by atoms with Crippen molar-refractivity contribution >= 4 is 33.2 Å². The van der Waals surface area contributed by atoms with Crippen molar-refractivity contribution in [1.29, 1.82) is 0 Å². The second-order valence-corrected chi connectivity index (χ2v) is 7.60. The molecule has 0 aliphatic carbocycles.